The van der Waals surface area contributed by atoms with Crippen molar-refractivity contribution in [2.75, 3.05) is 11.9 Å². The molecule has 1 N–H and O–H groups in total. The molecule has 1 fully saturated rings. The fourth-order valence-electron chi connectivity index (χ4n) is 1.92. The third kappa shape index (κ3) is 3.49. The van der Waals surface area contributed by atoms with Gasteiger partial charge in [0.05, 0.1) is 0 Å². The van der Waals surface area contributed by atoms with Crippen molar-refractivity contribution in [2.45, 2.75) is 25.7 Å². The van der Waals surface area contributed by atoms with E-state index in [1.807, 2.05) is 6.07 Å². The maximum absolute atomic E-state index is 11.7. The van der Waals surface area contributed by atoms with E-state index in [4.69, 9.17) is 10.00 Å². The van der Waals surface area contributed by atoms with E-state index >= 15 is 0 Å². The van der Waals surface area contributed by atoms with E-state index in [2.05, 4.69) is 5.32 Å². The summed E-state index contributed by atoms with van der Waals surface area (Å²) in [6, 6.07) is 8.96. The van der Waals surface area contributed by atoms with Crippen LogP contribution in [0.3, 0.4) is 0 Å². The number of ether oxygens (including phenoxy) is 1. The number of carbonyl (C=O) groups excluding carboxylic acids is 1. The number of rotatable bonds is 5. The van der Waals surface area contributed by atoms with Gasteiger partial charge in [-0.1, -0.05) is 6.42 Å². The highest BCUT2D eigenvalue weighted by Crippen LogP contribution is 2.29. The third-order valence-corrected chi connectivity index (χ3v) is 3.14. The molecule has 1 aliphatic rings. The number of anilines is 1. The van der Waals surface area contributed by atoms with Crippen molar-refractivity contribution in [1.29, 1.82) is 5.26 Å². The van der Waals surface area contributed by atoms with Crippen molar-refractivity contribution in [3.05, 3.63) is 24.3 Å². The fourth-order valence-corrected chi connectivity index (χ4v) is 1.92. The van der Waals surface area contributed by atoms with Gasteiger partial charge >= 0.3 is 0 Å². The van der Waals surface area contributed by atoms with E-state index < -0.39 is 0 Å². The standard InChI is InChI=1S/C14H16N2O2/c15-8-9-18-13-6-4-12(5-7-13)16-14(17)10-11-2-1-3-11/h4-7,11H,1-3,9-10H2,(H,16,17). The number of hydrogen-bond donors (Lipinski definition) is 1. The first-order valence-electron chi connectivity index (χ1n) is 6.17. The zero-order valence-corrected chi connectivity index (χ0v) is 10.2. The Bertz CT molecular complexity index is 444. The summed E-state index contributed by atoms with van der Waals surface area (Å²) in [5, 5.41) is 11.2. The number of carbonyl (C=O) groups is 1. The summed E-state index contributed by atoms with van der Waals surface area (Å²) >= 11 is 0. The average molecular weight is 244 g/mol. The van der Waals surface area contributed by atoms with E-state index in [1.165, 1.54) is 19.3 Å². The molecule has 1 saturated carbocycles. The molecule has 0 atom stereocenters. The molecule has 1 amide bonds. The molecule has 1 aromatic carbocycles. The second kappa shape index (κ2) is 6.06. The molecule has 0 aliphatic heterocycles. The highest BCUT2D eigenvalue weighted by Gasteiger charge is 2.20. The Morgan fingerprint density at radius 2 is 2.11 bits per heavy atom. The van der Waals surface area contributed by atoms with Crippen LogP contribution in [0.4, 0.5) is 5.69 Å². The average Bonchev–Trinajstić information content (AvgIpc) is 2.33. The molecule has 18 heavy (non-hydrogen) atoms. The van der Waals surface area contributed by atoms with Gasteiger partial charge in [-0.3, -0.25) is 4.79 Å². The summed E-state index contributed by atoms with van der Waals surface area (Å²) in [5.74, 6) is 1.28. The molecule has 1 aliphatic carbocycles. The Labute approximate surface area is 107 Å². The molecule has 0 spiro atoms. The van der Waals surface area contributed by atoms with Crippen molar-refractivity contribution in [3.63, 3.8) is 0 Å². The Morgan fingerprint density at radius 3 is 2.67 bits per heavy atom. The van der Waals surface area contributed by atoms with Crippen LogP contribution in [0.25, 0.3) is 0 Å². The van der Waals surface area contributed by atoms with Gasteiger partial charge in [0.15, 0.2) is 6.61 Å². The SMILES string of the molecule is N#CCOc1ccc(NC(=O)CC2CCC2)cc1. The van der Waals surface area contributed by atoms with Crippen molar-refractivity contribution in [1.82, 2.24) is 0 Å². The lowest BCUT2D eigenvalue weighted by atomic mass is 9.83. The number of hydrogen-bond acceptors (Lipinski definition) is 3. The predicted octanol–water partition coefficient (Wildman–Crippen LogP) is 2.72. The first-order valence-corrected chi connectivity index (χ1v) is 6.17. The number of nitrogens with zero attached hydrogens (tertiary/aromatic N) is 1. The lowest BCUT2D eigenvalue weighted by Gasteiger charge is -2.24. The number of nitriles is 1. The molecule has 0 heterocycles. The Balaban J connectivity index is 1.81. The molecule has 4 nitrogen and oxygen atoms in total. The zero-order valence-electron chi connectivity index (χ0n) is 10.2. The topological polar surface area (TPSA) is 62.1 Å². The number of nitrogens with one attached hydrogen (secondary N) is 1. The van der Waals surface area contributed by atoms with Crippen LogP contribution in [0.1, 0.15) is 25.7 Å². The highest BCUT2D eigenvalue weighted by atomic mass is 16.5. The maximum Gasteiger partial charge on any atom is 0.224 e. The first-order chi connectivity index (χ1) is 8.78. The monoisotopic (exact) mass is 244 g/mol. The van der Waals surface area contributed by atoms with Crippen molar-refractivity contribution in [2.24, 2.45) is 5.92 Å². The molecule has 1 aromatic rings. The molecule has 2 rings (SSSR count). The number of amides is 1. The van der Waals surface area contributed by atoms with Crippen molar-refractivity contribution >= 4 is 11.6 Å². The third-order valence-electron chi connectivity index (χ3n) is 3.14. The van der Waals surface area contributed by atoms with Crippen LogP contribution in [-0.4, -0.2) is 12.5 Å². The molecule has 94 valence electrons. The van der Waals surface area contributed by atoms with Gasteiger partial charge in [-0.05, 0) is 43.0 Å². The van der Waals surface area contributed by atoms with Crippen LogP contribution < -0.4 is 10.1 Å². The quantitative estimate of drug-likeness (QED) is 0.866. The van der Waals surface area contributed by atoms with Gasteiger partial charge in [-0.15, -0.1) is 0 Å². The minimum absolute atomic E-state index is 0.0351. The second-order valence-electron chi connectivity index (χ2n) is 4.52. The first kappa shape index (κ1) is 12.4. The smallest absolute Gasteiger partial charge is 0.224 e. The number of benzene rings is 1. The van der Waals surface area contributed by atoms with E-state index in [0.717, 1.165) is 5.69 Å². The van der Waals surface area contributed by atoms with Crippen LogP contribution in [0, 0.1) is 17.2 Å². The largest absolute Gasteiger partial charge is 0.479 e. The Morgan fingerprint density at radius 1 is 1.39 bits per heavy atom. The summed E-state index contributed by atoms with van der Waals surface area (Å²) in [6.45, 7) is 0.0351. The van der Waals surface area contributed by atoms with E-state index in [-0.39, 0.29) is 12.5 Å². The summed E-state index contributed by atoms with van der Waals surface area (Å²) in [5.41, 5.74) is 0.767. The van der Waals surface area contributed by atoms with Crippen LogP contribution in [0.2, 0.25) is 0 Å². The molecule has 0 bridgehead atoms. The van der Waals surface area contributed by atoms with Gasteiger partial charge in [0, 0.05) is 12.1 Å². The maximum atomic E-state index is 11.7. The van der Waals surface area contributed by atoms with Crippen LogP contribution >= 0.6 is 0 Å². The lowest BCUT2D eigenvalue weighted by molar-refractivity contribution is -0.117. The fraction of sp³-hybridized carbons (Fsp3) is 0.429. The molecular formula is C14H16N2O2. The van der Waals surface area contributed by atoms with Crippen LogP contribution in [0.15, 0.2) is 24.3 Å². The van der Waals surface area contributed by atoms with Gasteiger partial charge in [0.1, 0.15) is 11.8 Å². The van der Waals surface area contributed by atoms with Gasteiger partial charge in [-0.2, -0.15) is 5.26 Å². The van der Waals surface area contributed by atoms with Crippen LogP contribution in [0.5, 0.6) is 5.75 Å². The highest BCUT2D eigenvalue weighted by molar-refractivity contribution is 5.90. The van der Waals surface area contributed by atoms with Gasteiger partial charge in [-0.25, -0.2) is 0 Å². The van der Waals surface area contributed by atoms with E-state index in [1.54, 1.807) is 24.3 Å². The molecular weight excluding hydrogens is 228 g/mol. The van der Waals surface area contributed by atoms with E-state index in [0.29, 0.717) is 18.1 Å². The van der Waals surface area contributed by atoms with Crippen molar-refractivity contribution in [3.8, 4) is 11.8 Å². The lowest BCUT2D eigenvalue weighted by Crippen LogP contribution is -2.20. The van der Waals surface area contributed by atoms with Gasteiger partial charge in [0.2, 0.25) is 5.91 Å². The Kier molecular flexibility index (Phi) is 4.19. The molecule has 0 unspecified atom stereocenters. The molecule has 0 aromatic heterocycles. The summed E-state index contributed by atoms with van der Waals surface area (Å²) in [6.07, 6.45) is 4.22. The normalized spacial score (nSPS) is 14.4. The summed E-state index contributed by atoms with van der Waals surface area (Å²) in [4.78, 5) is 11.7. The van der Waals surface area contributed by atoms with Gasteiger partial charge < -0.3 is 10.1 Å². The second-order valence-corrected chi connectivity index (χ2v) is 4.52. The minimum Gasteiger partial charge on any atom is -0.479 e. The Hall–Kier alpha value is -2.02. The molecule has 0 radical (unpaired) electrons. The zero-order chi connectivity index (χ0) is 12.8. The summed E-state index contributed by atoms with van der Waals surface area (Å²) < 4.78 is 5.13. The van der Waals surface area contributed by atoms with Crippen LogP contribution in [-0.2, 0) is 4.79 Å². The van der Waals surface area contributed by atoms with Gasteiger partial charge in [0.25, 0.3) is 0 Å². The predicted molar refractivity (Wildman–Crippen MR) is 68.1 cm³/mol. The minimum atomic E-state index is 0.0351. The molecule has 0 saturated heterocycles. The van der Waals surface area contributed by atoms with Crippen molar-refractivity contribution < 1.29 is 9.53 Å². The molecule has 4 heteroatoms. The summed E-state index contributed by atoms with van der Waals surface area (Å²) in [7, 11) is 0. The van der Waals surface area contributed by atoms with E-state index in [9.17, 15) is 4.79 Å².